The van der Waals surface area contributed by atoms with Crippen molar-refractivity contribution >= 4 is 0 Å². The fraction of sp³-hybridized carbons (Fsp3) is 1.00. The molecule has 2 aliphatic rings. The minimum Gasteiger partial charge on any atom is -0.356 e. The van der Waals surface area contributed by atoms with Crippen LogP contribution in [0.5, 0.6) is 0 Å². The topological polar surface area (TPSA) is 24.5 Å². The Morgan fingerprint density at radius 2 is 2.29 bits per heavy atom. The molecule has 14 heavy (non-hydrogen) atoms. The minimum atomic E-state index is 0.0296. The highest BCUT2D eigenvalue weighted by Crippen LogP contribution is 2.24. The van der Waals surface area contributed by atoms with Gasteiger partial charge >= 0.3 is 0 Å². The van der Waals surface area contributed by atoms with Crippen LogP contribution < -0.4 is 5.32 Å². The molecule has 0 aromatic heterocycles. The summed E-state index contributed by atoms with van der Waals surface area (Å²) in [7, 11) is 2.22. The third-order valence-corrected chi connectivity index (χ3v) is 3.37. The van der Waals surface area contributed by atoms with Crippen LogP contribution >= 0.6 is 0 Å². The number of nitrogens with one attached hydrogen (secondary N) is 1. The Labute approximate surface area is 86.8 Å². The van der Waals surface area contributed by atoms with Crippen LogP contribution in [0.1, 0.15) is 33.1 Å². The van der Waals surface area contributed by atoms with Crippen LogP contribution in [0.15, 0.2) is 0 Å². The molecule has 3 nitrogen and oxygen atoms in total. The maximum Gasteiger partial charge on any atom is 0.110 e. The molecule has 0 bridgehead atoms. The first-order valence-electron chi connectivity index (χ1n) is 5.68. The summed E-state index contributed by atoms with van der Waals surface area (Å²) in [6.07, 6.45) is 4.09. The van der Waals surface area contributed by atoms with E-state index in [0.29, 0.717) is 0 Å². The summed E-state index contributed by atoms with van der Waals surface area (Å²) in [5.74, 6) is 0. The van der Waals surface area contributed by atoms with Crippen LogP contribution in [0.2, 0.25) is 0 Å². The van der Waals surface area contributed by atoms with Gasteiger partial charge in [0.15, 0.2) is 0 Å². The first kappa shape index (κ1) is 10.4. The summed E-state index contributed by atoms with van der Waals surface area (Å²) < 4.78 is 5.92. The van der Waals surface area contributed by atoms with Crippen molar-refractivity contribution in [3.05, 3.63) is 0 Å². The van der Waals surface area contributed by atoms with Gasteiger partial charge in [-0.25, -0.2) is 0 Å². The third-order valence-electron chi connectivity index (χ3n) is 3.37. The third kappa shape index (κ3) is 2.27. The summed E-state index contributed by atoms with van der Waals surface area (Å²) in [6, 6.07) is 0.724. The summed E-state index contributed by atoms with van der Waals surface area (Å²) in [5.41, 5.74) is 0.0296. The van der Waals surface area contributed by atoms with Gasteiger partial charge in [0.1, 0.15) is 6.23 Å². The highest BCUT2D eigenvalue weighted by atomic mass is 16.5. The summed E-state index contributed by atoms with van der Waals surface area (Å²) >= 11 is 0. The average molecular weight is 198 g/mol. The van der Waals surface area contributed by atoms with E-state index in [-0.39, 0.29) is 11.8 Å². The van der Waals surface area contributed by atoms with Crippen LogP contribution in [0.3, 0.4) is 0 Å². The van der Waals surface area contributed by atoms with Crippen molar-refractivity contribution in [1.29, 1.82) is 0 Å². The van der Waals surface area contributed by atoms with Crippen molar-refractivity contribution < 1.29 is 4.74 Å². The second kappa shape index (κ2) is 3.80. The molecule has 2 unspecified atom stereocenters. The molecule has 0 aromatic rings. The number of ether oxygens (including phenoxy) is 1. The fourth-order valence-corrected chi connectivity index (χ4v) is 2.48. The number of hydrogen-bond acceptors (Lipinski definition) is 3. The maximum absolute atomic E-state index is 5.92. The zero-order valence-electron chi connectivity index (χ0n) is 9.55. The fourth-order valence-electron chi connectivity index (χ4n) is 2.48. The largest absolute Gasteiger partial charge is 0.356 e. The van der Waals surface area contributed by atoms with Crippen molar-refractivity contribution in [2.75, 3.05) is 20.1 Å². The van der Waals surface area contributed by atoms with Gasteiger partial charge in [0.2, 0.25) is 0 Å². The second-order valence-electron chi connectivity index (χ2n) is 5.26. The lowest BCUT2D eigenvalue weighted by Crippen LogP contribution is -2.33. The molecule has 1 N–H and O–H groups in total. The van der Waals surface area contributed by atoms with Crippen LogP contribution in [0.4, 0.5) is 0 Å². The molecule has 0 spiro atoms. The lowest BCUT2D eigenvalue weighted by atomic mass is 10.1. The second-order valence-corrected chi connectivity index (χ2v) is 5.26. The molecule has 0 amide bonds. The monoisotopic (exact) mass is 198 g/mol. The molecule has 0 radical (unpaired) electrons. The van der Waals surface area contributed by atoms with E-state index in [2.05, 4.69) is 31.1 Å². The normalized spacial score (nSPS) is 37.9. The molecular weight excluding hydrogens is 176 g/mol. The first-order valence-corrected chi connectivity index (χ1v) is 5.68. The predicted molar refractivity (Wildman–Crippen MR) is 57.2 cm³/mol. The molecule has 3 heteroatoms. The van der Waals surface area contributed by atoms with Gasteiger partial charge in [0, 0.05) is 19.0 Å². The van der Waals surface area contributed by atoms with E-state index in [9.17, 15) is 0 Å². The molecule has 82 valence electrons. The smallest absolute Gasteiger partial charge is 0.110 e. The Morgan fingerprint density at radius 3 is 2.79 bits per heavy atom. The van der Waals surface area contributed by atoms with Crippen LogP contribution in [-0.2, 0) is 4.74 Å². The molecule has 2 atom stereocenters. The Bertz CT molecular complexity index is 205. The number of rotatable bonds is 2. The van der Waals surface area contributed by atoms with E-state index >= 15 is 0 Å². The highest BCUT2D eigenvalue weighted by Gasteiger charge is 2.34. The Balaban J connectivity index is 1.81. The van der Waals surface area contributed by atoms with E-state index in [4.69, 9.17) is 4.74 Å². The Kier molecular flexibility index (Phi) is 2.82. The van der Waals surface area contributed by atoms with E-state index in [1.807, 2.05) is 0 Å². The van der Waals surface area contributed by atoms with Crippen molar-refractivity contribution in [1.82, 2.24) is 10.2 Å². The molecule has 2 aliphatic heterocycles. The molecule has 0 aliphatic carbocycles. The van der Waals surface area contributed by atoms with Crippen molar-refractivity contribution in [3.63, 3.8) is 0 Å². The molecule has 2 rings (SSSR count). The molecule has 2 fully saturated rings. The van der Waals surface area contributed by atoms with Gasteiger partial charge in [-0.05, 0) is 40.3 Å². The molecule has 2 heterocycles. The van der Waals surface area contributed by atoms with E-state index in [0.717, 1.165) is 19.0 Å². The Morgan fingerprint density at radius 1 is 1.50 bits per heavy atom. The minimum absolute atomic E-state index is 0.0296. The average Bonchev–Trinajstić information content (AvgIpc) is 2.61. The summed E-state index contributed by atoms with van der Waals surface area (Å²) in [6.45, 7) is 6.53. The van der Waals surface area contributed by atoms with Gasteiger partial charge in [0.25, 0.3) is 0 Å². The zero-order valence-corrected chi connectivity index (χ0v) is 9.55. The van der Waals surface area contributed by atoms with Gasteiger partial charge in [-0.3, -0.25) is 5.32 Å². The van der Waals surface area contributed by atoms with Crippen LogP contribution in [0.25, 0.3) is 0 Å². The van der Waals surface area contributed by atoms with E-state index in [1.165, 1.54) is 19.4 Å². The summed E-state index contributed by atoms with van der Waals surface area (Å²) in [4.78, 5) is 2.45. The van der Waals surface area contributed by atoms with Gasteiger partial charge in [-0.2, -0.15) is 0 Å². The Hall–Kier alpha value is -0.120. The summed E-state index contributed by atoms with van der Waals surface area (Å²) in [5, 5.41) is 3.45. The quantitative estimate of drug-likeness (QED) is 0.721. The van der Waals surface area contributed by atoms with E-state index in [1.54, 1.807) is 0 Å². The number of hydrogen-bond donors (Lipinski definition) is 1. The van der Waals surface area contributed by atoms with Gasteiger partial charge in [0.05, 0.1) is 5.60 Å². The number of likely N-dealkylation sites (tertiary alicyclic amines) is 1. The first-order chi connectivity index (χ1) is 6.57. The van der Waals surface area contributed by atoms with Crippen LogP contribution in [-0.4, -0.2) is 42.9 Å². The lowest BCUT2D eigenvalue weighted by molar-refractivity contribution is -0.0256. The number of nitrogens with zero attached hydrogens (tertiary/aromatic N) is 1. The SMILES string of the molecule is CN1CCCC1CC1NCC(C)(C)O1. The molecule has 0 aromatic carbocycles. The van der Waals surface area contributed by atoms with Gasteiger partial charge < -0.3 is 9.64 Å². The zero-order chi connectivity index (χ0) is 10.2. The molecular formula is C11H22N2O. The van der Waals surface area contributed by atoms with Crippen LogP contribution in [0, 0.1) is 0 Å². The molecule has 0 saturated carbocycles. The lowest BCUT2D eigenvalue weighted by Gasteiger charge is -2.24. The molecule has 2 saturated heterocycles. The van der Waals surface area contributed by atoms with Crippen molar-refractivity contribution in [2.24, 2.45) is 0 Å². The standard InChI is InChI=1S/C11H22N2O/c1-11(2)8-12-10(14-11)7-9-5-4-6-13(9)3/h9-10,12H,4-8H2,1-3H3. The predicted octanol–water partition coefficient (Wildman–Crippen LogP) is 1.20. The van der Waals surface area contributed by atoms with Gasteiger partial charge in [-0.15, -0.1) is 0 Å². The van der Waals surface area contributed by atoms with Crippen molar-refractivity contribution in [3.8, 4) is 0 Å². The highest BCUT2D eigenvalue weighted by molar-refractivity contribution is 4.86. The van der Waals surface area contributed by atoms with Gasteiger partial charge in [-0.1, -0.05) is 0 Å². The maximum atomic E-state index is 5.92. The van der Waals surface area contributed by atoms with Crippen molar-refractivity contribution in [2.45, 2.75) is 51.0 Å². The van der Waals surface area contributed by atoms with E-state index < -0.39 is 0 Å².